The molecular formula is C23H25FN8OS2. The highest BCUT2D eigenvalue weighted by atomic mass is 32.1. The SMILES string of the molecule is CCN1CCN(C(=O)c2csc(Nc3ncc(F)c(-c4ccc5nc(N(C)C)sc5c4)n3)n2)CC1. The van der Waals surface area contributed by atoms with Crippen LogP contribution in [0.4, 0.5) is 20.6 Å². The first-order valence-electron chi connectivity index (χ1n) is 11.3. The minimum Gasteiger partial charge on any atom is -0.354 e. The van der Waals surface area contributed by atoms with Gasteiger partial charge in [-0.15, -0.1) is 11.3 Å². The van der Waals surface area contributed by atoms with E-state index in [1.165, 1.54) is 22.7 Å². The smallest absolute Gasteiger partial charge is 0.273 e. The Hall–Kier alpha value is -3.22. The molecule has 0 radical (unpaired) electrons. The molecule has 12 heteroatoms. The van der Waals surface area contributed by atoms with Gasteiger partial charge in [0.1, 0.15) is 11.4 Å². The fraction of sp³-hybridized carbons (Fsp3) is 0.348. The van der Waals surface area contributed by atoms with Crippen molar-refractivity contribution in [1.29, 1.82) is 0 Å². The van der Waals surface area contributed by atoms with E-state index in [2.05, 4.69) is 37.1 Å². The number of hydrogen-bond donors (Lipinski definition) is 1. The summed E-state index contributed by atoms with van der Waals surface area (Å²) in [5.74, 6) is -0.390. The summed E-state index contributed by atoms with van der Waals surface area (Å²) in [6.07, 6.45) is 1.14. The van der Waals surface area contributed by atoms with Gasteiger partial charge < -0.3 is 20.0 Å². The molecule has 1 aliphatic rings. The van der Waals surface area contributed by atoms with Crippen molar-refractivity contribution >= 4 is 55.0 Å². The highest BCUT2D eigenvalue weighted by molar-refractivity contribution is 7.22. The first kappa shape index (κ1) is 23.5. The lowest BCUT2D eigenvalue weighted by Crippen LogP contribution is -2.48. The molecule has 4 heterocycles. The molecule has 1 aromatic carbocycles. The van der Waals surface area contributed by atoms with Gasteiger partial charge in [-0.3, -0.25) is 4.79 Å². The highest BCUT2D eigenvalue weighted by Gasteiger charge is 2.23. The molecule has 1 N–H and O–H groups in total. The number of halogens is 1. The zero-order valence-electron chi connectivity index (χ0n) is 19.7. The lowest BCUT2D eigenvalue weighted by atomic mass is 10.1. The van der Waals surface area contributed by atoms with Gasteiger partial charge in [-0.1, -0.05) is 24.3 Å². The summed E-state index contributed by atoms with van der Waals surface area (Å²) in [7, 11) is 3.87. The van der Waals surface area contributed by atoms with Crippen molar-refractivity contribution in [3.8, 4) is 11.3 Å². The molecule has 3 aromatic heterocycles. The van der Waals surface area contributed by atoms with Crippen LogP contribution in [-0.4, -0.2) is 82.5 Å². The molecule has 1 amide bonds. The van der Waals surface area contributed by atoms with Gasteiger partial charge in [0, 0.05) is 51.2 Å². The topological polar surface area (TPSA) is 90.4 Å². The summed E-state index contributed by atoms with van der Waals surface area (Å²) in [4.78, 5) is 36.4. The van der Waals surface area contributed by atoms with Crippen molar-refractivity contribution in [2.45, 2.75) is 6.92 Å². The number of amides is 1. The number of likely N-dealkylation sites (N-methyl/N-ethyl adjacent to an activating group) is 1. The van der Waals surface area contributed by atoms with Crippen molar-refractivity contribution < 1.29 is 9.18 Å². The van der Waals surface area contributed by atoms with Gasteiger partial charge >= 0.3 is 0 Å². The van der Waals surface area contributed by atoms with E-state index in [1.54, 1.807) is 11.4 Å². The van der Waals surface area contributed by atoms with Gasteiger partial charge in [0.15, 0.2) is 16.1 Å². The van der Waals surface area contributed by atoms with Gasteiger partial charge in [0.25, 0.3) is 5.91 Å². The Labute approximate surface area is 210 Å². The van der Waals surface area contributed by atoms with Crippen LogP contribution in [0.25, 0.3) is 21.5 Å². The Morgan fingerprint density at radius 1 is 1.17 bits per heavy atom. The predicted molar refractivity (Wildman–Crippen MR) is 138 cm³/mol. The quantitative estimate of drug-likeness (QED) is 0.416. The molecule has 1 saturated heterocycles. The summed E-state index contributed by atoms with van der Waals surface area (Å²) in [5.41, 5.74) is 2.06. The molecule has 35 heavy (non-hydrogen) atoms. The number of carbonyl (C=O) groups is 1. The van der Waals surface area contributed by atoms with E-state index in [9.17, 15) is 9.18 Å². The molecule has 0 saturated carbocycles. The maximum atomic E-state index is 14.7. The number of hydrogen-bond acceptors (Lipinski definition) is 10. The molecule has 0 unspecified atom stereocenters. The second kappa shape index (κ2) is 9.80. The third kappa shape index (κ3) is 4.95. The van der Waals surface area contributed by atoms with Crippen LogP contribution < -0.4 is 10.2 Å². The molecule has 1 aliphatic heterocycles. The first-order chi connectivity index (χ1) is 16.9. The molecule has 0 spiro atoms. The van der Waals surface area contributed by atoms with Gasteiger partial charge in [-0.05, 0) is 18.7 Å². The van der Waals surface area contributed by atoms with Crippen molar-refractivity contribution in [3.05, 3.63) is 41.3 Å². The summed E-state index contributed by atoms with van der Waals surface area (Å²) < 4.78 is 15.6. The monoisotopic (exact) mass is 512 g/mol. The van der Waals surface area contributed by atoms with Crippen LogP contribution in [-0.2, 0) is 0 Å². The molecular weight excluding hydrogens is 487 g/mol. The van der Waals surface area contributed by atoms with Crippen LogP contribution >= 0.6 is 22.7 Å². The van der Waals surface area contributed by atoms with Gasteiger partial charge in [0.2, 0.25) is 5.95 Å². The second-order valence-corrected chi connectivity index (χ2v) is 10.2. The van der Waals surface area contributed by atoms with E-state index in [-0.39, 0.29) is 17.5 Å². The average molecular weight is 513 g/mol. The number of aromatic nitrogens is 4. The van der Waals surface area contributed by atoms with Gasteiger partial charge in [0.05, 0.1) is 16.4 Å². The third-order valence-electron chi connectivity index (χ3n) is 5.83. The third-order valence-corrected chi connectivity index (χ3v) is 7.77. The lowest BCUT2D eigenvalue weighted by Gasteiger charge is -2.33. The Balaban J connectivity index is 1.33. The number of carbonyl (C=O) groups excluding carboxylic acids is 1. The maximum Gasteiger partial charge on any atom is 0.273 e. The maximum absolute atomic E-state index is 14.7. The van der Waals surface area contributed by atoms with Crippen molar-refractivity contribution in [1.82, 2.24) is 29.7 Å². The number of rotatable bonds is 6. The minimum atomic E-state index is -0.520. The first-order valence-corrected chi connectivity index (χ1v) is 13.0. The van der Waals surface area contributed by atoms with Crippen LogP contribution in [0.1, 0.15) is 17.4 Å². The van der Waals surface area contributed by atoms with E-state index in [4.69, 9.17) is 0 Å². The fourth-order valence-corrected chi connectivity index (χ4v) is 5.44. The number of nitrogens with one attached hydrogen (secondary N) is 1. The Morgan fingerprint density at radius 2 is 1.97 bits per heavy atom. The normalized spacial score (nSPS) is 14.5. The lowest BCUT2D eigenvalue weighted by molar-refractivity contribution is 0.0638. The van der Waals surface area contributed by atoms with Gasteiger partial charge in [-0.2, -0.15) is 0 Å². The van der Waals surface area contributed by atoms with E-state index >= 15 is 0 Å². The number of fused-ring (bicyclic) bond motifs is 1. The summed E-state index contributed by atoms with van der Waals surface area (Å²) in [5, 5.41) is 6.10. The molecule has 0 bridgehead atoms. The average Bonchev–Trinajstić information content (AvgIpc) is 3.51. The number of nitrogens with zero attached hydrogens (tertiary/aromatic N) is 7. The largest absolute Gasteiger partial charge is 0.354 e. The van der Waals surface area contributed by atoms with Crippen molar-refractivity contribution in [2.75, 3.05) is 57.0 Å². The molecule has 0 atom stereocenters. The second-order valence-electron chi connectivity index (χ2n) is 8.35. The van der Waals surface area contributed by atoms with E-state index in [1.807, 2.05) is 36.0 Å². The molecule has 9 nitrogen and oxygen atoms in total. The van der Waals surface area contributed by atoms with Crippen LogP contribution in [0.2, 0.25) is 0 Å². The predicted octanol–water partition coefficient (Wildman–Crippen LogP) is 3.94. The zero-order chi connectivity index (χ0) is 24.5. The molecule has 4 aromatic rings. The standard InChI is InChI=1S/C23H25FN8OS2/c1-4-31-7-9-32(10-8-31)20(33)17-13-34-22(26-17)29-21-25-12-15(24)19(28-21)14-5-6-16-18(11-14)35-23(27-16)30(2)3/h5-6,11-13H,4,7-10H2,1-3H3,(H,25,26,28,29). The van der Waals surface area contributed by atoms with Crippen LogP contribution in [0.3, 0.4) is 0 Å². The number of anilines is 3. The Kier molecular flexibility index (Phi) is 6.58. The molecule has 182 valence electrons. The van der Waals surface area contributed by atoms with Crippen molar-refractivity contribution in [3.63, 3.8) is 0 Å². The minimum absolute atomic E-state index is 0.0827. The Morgan fingerprint density at radius 3 is 2.71 bits per heavy atom. The number of piperazine rings is 1. The van der Waals surface area contributed by atoms with E-state index in [0.717, 1.165) is 41.2 Å². The van der Waals surface area contributed by atoms with Gasteiger partial charge in [-0.25, -0.2) is 24.3 Å². The summed E-state index contributed by atoms with van der Waals surface area (Å²) in [6, 6.07) is 5.55. The Bertz CT molecular complexity index is 1360. The van der Waals surface area contributed by atoms with E-state index in [0.29, 0.717) is 29.5 Å². The highest BCUT2D eigenvalue weighted by Crippen LogP contribution is 2.32. The number of benzene rings is 1. The zero-order valence-corrected chi connectivity index (χ0v) is 21.3. The molecule has 5 rings (SSSR count). The summed E-state index contributed by atoms with van der Waals surface area (Å²) >= 11 is 2.82. The fourth-order valence-electron chi connectivity index (χ4n) is 3.84. The number of thiazole rings is 2. The molecule has 1 fully saturated rings. The summed E-state index contributed by atoms with van der Waals surface area (Å²) in [6.45, 7) is 6.23. The van der Waals surface area contributed by atoms with E-state index < -0.39 is 5.82 Å². The van der Waals surface area contributed by atoms with Crippen LogP contribution in [0, 0.1) is 5.82 Å². The van der Waals surface area contributed by atoms with Crippen LogP contribution in [0.5, 0.6) is 0 Å². The van der Waals surface area contributed by atoms with Crippen molar-refractivity contribution in [2.24, 2.45) is 0 Å². The molecule has 0 aliphatic carbocycles. The van der Waals surface area contributed by atoms with Crippen LogP contribution in [0.15, 0.2) is 29.8 Å².